The number of halogens is 2. The van der Waals surface area contributed by atoms with E-state index in [1.54, 1.807) is 6.92 Å². The number of aromatic nitrogens is 3. The van der Waals surface area contributed by atoms with Crippen molar-refractivity contribution in [1.82, 2.24) is 14.3 Å². The number of benzene rings is 1. The lowest BCUT2D eigenvalue weighted by Crippen LogP contribution is -2.26. The van der Waals surface area contributed by atoms with Crippen molar-refractivity contribution in [2.24, 2.45) is 0 Å². The Balaban J connectivity index is 1.97. The topological polar surface area (TPSA) is 92.4 Å². The number of fused-ring (bicyclic) bond motifs is 1. The van der Waals surface area contributed by atoms with E-state index in [-0.39, 0.29) is 28.6 Å². The molecule has 3 rings (SSSR count). The summed E-state index contributed by atoms with van der Waals surface area (Å²) in [6.45, 7) is 3.43. The zero-order chi connectivity index (χ0) is 21.1. The molecular formula is C18H19ClFN3O5S. The molecule has 2 heterocycles. The molecule has 0 bridgehead atoms. The summed E-state index contributed by atoms with van der Waals surface area (Å²) in [6, 6.07) is 2.39. The summed E-state index contributed by atoms with van der Waals surface area (Å²) < 4.78 is 26.6. The molecule has 0 fully saturated rings. The Morgan fingerprint density at radius 3 is 2.76 bits per heavy atom. The maximum atomic E-state index is 14.6. The quantitative estimate of drug-likeness (QED) is 0.632. The van der Waals surface area contributed by atoms with Crippen LogP contribution in [-0.2, 0) is 30.9 Å². The zero-order valence-corrected chi connectivity index (χ0v) is 17.4. The maximum absolute atomic E-state index is 14.6. The molecule has 0 saturated heterocycles. The van der Waals surface area contributed by atoms with Gasteiger partial charge in [-0.2, -0.15) is 4.68 Å². The van der Waals surface area contributed by atoms with Crippen molar-refractivity contribution in [2.75, 3.05) is 0 Å². The van der Waals surface area contributed by atoms with E-state index < -0.39 is 29.4 Å². The summed E-state index contributed by atoms with van der Waals surface area (Å²) in [5, 5.41) is 4.28. The molecule has 0 radical (unpaired) electrons. The normalized spacial score (nSPS) is 14.2. The Labute approximate surface area is 175 Å². The lowest BCUT2D eigenvalue weighted by molar-refractivity contribution is -0.136. The summed E-state index contributed by atoms with van der Waals surface area (Å²) in [5.41, 5.74) is -0.236. The average Bonchev–Trinajstić information content (AvgIpc) is 3.00. The minimum absolute atomic E-state index is 0.0181. The second kappa shape index (κ2) is 9.00. The van der Waals surface area contributed by atoms with Crippen LogP contribution in [-0.4, -0.2) is 26.3 Å². The van der Waals surface area contributed by atoms with Gasteiger partial charge in [0.1, 0.15) is 11.5 Å². The molecule has 156 valence electrons. The third-order valence-corrected chi connectivity index (χ3v) is 5.46. The zero-order valence-electron chi connectivity index (χ0n) is 15.8. The molecule has 0 saturated carbocycles. The van der Waals surface area contributed by atoms with Gasteiger partial charge in [0.25, 0.3) is 12.3 Å². The molecule has 1 atom stereocenters. The molecule has 1 aromatic heterocycles. The summed E-state index contributed by atoms with van der Waals surface area (Å²) in [7, 11) is 0. The van der Waals surface area contributed by atoms with Gasteiger partial charge in [-0.15, -0.1) is 5.10 Å². The van der Waals surface area contributed by atoms with E-state index in [2.05, 4.69) is 9.28 Å². The predicted octanol–water partition coefficient (Wildman–Crippen LogP) is 3.33. The first-order valence-corrected chi connectivity index (χ1v) is 10.1. The van der Waals surface area contributed by atoms with Crippen molar-refractivity contribution < 1.29 is 22.3 Å². The first kappa shape index (κ1) is 21.4. The lowest BCUT2D eigenvalue weighted by atomic mass is 9.96. The van der Waals surface area contributed by atoms with Gasteiger partial charge in [-0.3, -0.25) is 14.2 Å². The van der Waals surface area contributed by atoms with E-state index >= 15 is 0 Å². The molecule has 0 N–H and O–H groups in total. The molecule has 11 heteroatoms. The van der Waals surface area contributed by atoms with Gasteiger partial charge in [0.05, 0.1) is 5.92 Å². The highest BCUT2D eigenvalue weighted by Crippen LogP contribution is 2.32. The number of hydrogen-bond acceptors (Lipinski definition) is 7. The van der Waals surface area contributed by atoms with Crippen LogP contribution in [0.3, 0.4) is 0 Å². The standard InChI is InChI=1S/C18H19ClFN3O5S/c1-3-11(17(25)28-29-27-10(2)24)12-8-15(14(20)9-13(12)19)23-18(26)22-7-5-4-6-16(22)21-23/h8-9,11H,3-7H2,1-2H3. The number of rotatable bonds is 6. The van der Waals surface area contributed by atoms with Crippen molar-refractivity contribution in [2.45, 2.75) is 52.0 Å². The van der Waals surface area contributed by atoms with Gasteiger partial charge in [-0.1, -0.05) is 18.5 Å². The summed E-state index contributed by atoms with van der Waals surface area (Å²) >= 11 is 6.43. The minimum Gasteiger partial charge on any atom is -0.355 e. The highest BCUT2D eigenvalue weighted by Gasteiger charge is 2.27. The van der Waals surface area contributed by atoms with Gasteiger partial charge < -0.3 is 8.37 Å². The van der Waals surface area contributed by atoms with Gasteiger partial charge in [0.15, 0.2) is 5.82 Å². The third-order valence-electron chi connectivity index (χ3n) is 4.60. The fourth-order valence-electron chi connectivity index (χ4n) is 3.21. The first-order chi connectivity index (χ1) is 13.8. The Kier molecular flexibility index (Phi) is 6.63. The predicted molar refractivity (Wildman–Crippen MR) is 104 cm³/mol. The van der Waals surface area contributed by atoms with Gasteiger partial charge >= 0.3 is 17.6 Å². The molecular weight excluding hydrogens is 425 g/mol. The maximum Gasteiger partial charge on any atom is 0.350 e. The molecule has 0 spiro atoms. The fraction of sp³-hybridized carbons (Fsp3) is 0.444. The molecule has 0 amide bonds. The number of hydrogen-bond donors (Lipinski definition) is 0. The second-order valence-corrected chi connectivity index (χ2v) is 7.43. The van der Waals surface area contributed by atoms with Crippen molar-refractivity contribution in [1.29, 1.82) is 0 Å². The highest BCUT2D eigenvalue weighted by molar-refractivity contribution is 7.90. The number of carbonyl (C=O) groups is 2. The highest BCUT2D eigenvalue weighted by atomic mass is 35.5. The van der Waals surface area contributed by atoms with Crippen LogP contribution in [0, 0.1) is 5.82 Å². The van der Waals surface area contributed by atoms with E-state index in [9.17, 15) is 18.8 Å². The van der Waals surface area contributed by atoms with Crippen LogP contribution in [0.2, 0.25) is 5.02 Å². The molecule has 1 aliphatic heterocycles. The molecule has 0 aliphatic carbocycles. The number of carbonyl (C=O) groups excluding carboxylic acids is 2. The molecule has 1 aliphatic rings. The van der Waals surface area contributed by atoms with Crippen LogP contribution in [0.4, 0.5) is 4.39 Å². The Hall–Kier alpha value is -2.33. The largest absolute Gasteiger partial charge is 0.355 e. The van der Waals surface area contributed by atoms with Crippen LogP contribution in [0.1, 0.15) is 50.4 Å². The monoisotopic (exact) mass is 443 g/mol. The van der Waals surface area contributed by atoms with Crippen LogP contribution >= 0.6 is 23.9 Å². The van der Waals surface area contributed by atoms with Gasteiger partial charge in [0.2, 0.25) is 0 Å². The number of aryl methyl sites for hydroxylation is 1. The SMILES string of the molecule is CCC(C(=O)OSOC(C)=O)c1cc(-n2nc3n(c2=O)CCCC3)c(F)cc1Cl. The Morgan fingerprint density at radius 1 is 1.34 bits per heavy atom. The van der Waals surface area contributed by atoms with Crippen LogP contribution < -0.4 is 5.69 Å². The average molecular weight is 444 g/mol. The van der Waals surface area contributed by atoms with Crippen molar-refractivity contribution >= 4 is 35.9 Å². The van der Waals surface area contributed by atoms with E-state index in [1.165, 1.54) is 17.6 Å². The molecule has 29 heavy (non-hydrogen) atoms. The van der Waals surface area contributed by atoms with Gasteiger partial charge in [-0.05, 0) is 37.0 Å². The van der Waals surface area contributed by atoms with Gasteiger partial charge in [-0.25, -0.2) is 9.18 Å². The van der Waals surface area contributed by atoms with Crippen LogP contribution in [0.5, 0.6) is 0 Å². The molecule has 8 nitrogen and oxygen atoms in total. The first-order valence-electron chi connectivity index (χ1n) is 9.07. The van der Waals surface area contributed by atoms with Crippen molar-refractivity contribution in [3.63, 3.8) is 0 Å². The molecule has 2 aromatic rings. The Morgan fingerprint density at radius 2 is 2.10 bits per heavy atom. The van der Waals surface area contributed by atoms with Crippen LogP contribution in [0.15, 0.2) is 16.9 Å². The van der Waals surface area contributed by atoms with E-state index in [1.807, 2.05) is 0 Å². The third kappa shape index (κ3) is 4.48. The Bertz CT molecular complexity index is 1010. The summed E-state index contributed by atoms with van der Waals surface area (Å²) in [6.07, 6.45) is 2.70. The van der Waals surface area contributed by atoms with E-state index in [0.717, 1.165) is 23.6 Å². The van der Waals surface area contributed by atoms with Crippen molar-refractivity contribution in [3.8, 4) is 5.69 Å². The van der Waals surface area contributed by atoms with Crippen molar-refractivity contribution in [3.05, 3.63) is 44.8 Å². The van der Waals surface area contributed by atoms with Gasteiger partial charge in [0, 0.05) is 24.9 Å². The smallest absolute Gasteiger partial charge is 0.350 e. The second-order valence-electron chi connectivity index (χ2n) is 6.55. The molecule has 1 unspecified atom stereocenters. The fourth-order valence-corrected chi connectivity index (χ4v) is 3.80. The summed E-state index contributed by atoms with van der Waals surface area (Å²) in [4.78, 5) is 35.9. The van der Waals surface area contributed by atoms with Crippen LogP contribution in [0.25, 0.3) is 5.69 Å². The minimum atomic E-state index is -0.849. The lowest BCUT2D eigenvalue weighted by Gasteiger charge is -2.16. The van der Waals surface area contributed by atoms with E-state index in [0.29, 0.717) is 25.2 Å². The number of nitrogens with zero attached hydrogens (tertiary/aromatic N) is 3. The summed E-state index contributed by atoms with van der Waals surface area (Å²) in [5.74, 6) is -2.32. The molecule has 1 aromatic carbocycles. The van der Waals surface area contributed by atoms with E-state index in [4.69, 9.17) is 15.8 Å².